The number of rotatable bonds is 4. The number of carbonyl (C=O) groups excluding carboxylic acids is 1. The van der Waals surface area contributed by atoms with Gasteiger partial charge in [0.1, 0.15) is 11.6 Å². The second-order valence-electron chi connectivity index (χ2n) is 6.67. The van der Waals surface area contributed by atoms with Gasteiger partial charge in [0.15, 0.2) is 0 Å². The van der Waals surface area contributed by atoms with Crippen LogP contribution in [0.3, 0.4) is 0 Å². The number of sulfonamides is 1. The Kier molecular flexibility index (Phi) is 6.40. The van der Waals surface area contributed by atoms with Crippen molar-refractivity contribution in [3.05, 3.63) is 58.9 Å². The van der Waals surface area contributed by atoms with E-state index < -0.39 is 45.2 Å². The first kappa shape index (κ1) is 22.5. The van der Waals surface area contributed by atoms with Gasteiger partial charge in [0, 0.05) is 13.1 Å². The van der Waals surface area contributed by atoms with Crippen molar-refractivity contribution in [1.82, 2.24) is 4.31 Å². The average Bonchev–Trinajstić information content (AvgIpc) is 2.69. The highest BCUT2D eigenvalue weighted by atomic mass is 35.5. The van der Waals surface area contributed by atoms with Crippen LogP contribution in [0.15, 0.2) is 47.4 Å². The predicted octanol–water partition coefficient (Wildman–Crippen LogP) is 4.50. The fourth-order valence-electron chi connectivity index (χ4n) is 3.10. The van der Waals surface area contributed by atoms with Crippen molar-refractivity contribution in [2.45, 2.75) is 23.9 Å². The van der Waals surface area contributed by atoms with E-state index in [0.29, 0.717) is 0 Å². The fourth-order valence-corrected chi connectivity index (χ4v) is 4.84. The first-order valence-electron chi connectivity index (χ1n) is 8.83. The molecule has 30 heavy (non-hydrogen) atoms. The van der Waals surface area contributed by atoms with Gasteiger partial charge < -0.3 is 4.74 Å². The van der Waals surface area contributed by atoms with Crippen molar-refractivity contribution in [3.63, 3.8) is 0 Å². The molecule has 0 N–H and O–H groups in total. The summed E-state index contributed by atoms with van der Waals surface area (Å²) in [7, 11) is -3.95. The lowest BCUT2D eigenvalue weighted by Gasteiger charge is -2.30. The summed E-state index contributed by atoms with van der Waals surface area (Å²) in [5.41, 5.74) is -1.06. The Balaban J connectivity index is 1.67. The molecule has 1 fully saturated rings. The number of ether oxygens (including phenoxy) is 1. The molecule has 3 rings (SSSR count). The first-order valence-corrected chi connectivity index (χ1v) is 10.6. The van der Waals surface area contributed by atoms with E-state index in [-0.39, 0.29) is 35.8 Å². The molecule has 2 aromatic rings. The van der Waals surface area contributed by atoms with Gasteiger partial charge in [-0.25, -0.2) is 12.8 Å². The minimum absolute atomic E-state index is 0.0436. The monoisotopic (exact) mass is 465 g/mol. The molecule has 2 aromatic carbocycles. The van der Waals surface area contributed by atoms with Crippen molar-refractivity contribution in [2.75, 3.05) is 13.1 Å². The number of nitrogens with zero attached hydrogens (tertiary/aromatic N) is 1. The second-order valence-corrected chi connectivity index (χ2v) is 9.01. The molecule has 11 heteroatoms. The van der Waals surface area contributed by atoms with Crippen molar-refractivity contribution >= 4 is 27.6 Å². The lowest BCUT2D eigenvalue weighted by atomic mass is 9.98. The predicted molar refractivity (Wildman–Crippen MR) is 100.0 cm³/mol. The minimum atomic E-state index is -4.68. The van der Waals surface area contributed by atoms with Crippen LogP contribution in [0, 0.1) is 11.7 Å². The Morgan fingerprint density at radius 3 is 2.33 bits per heavy atom. The summed E-state index contributed by atoms with van der Waals surface area (Å²) in [5, 5.41) is -0.335. The quantitative estimate of drug-likeness (QED) is 0.379. The first-order chi connectivity index (χ1) is 14.0. The second kappa shape index (κ2) is 8.52. The zero-order valence-electron chi connectivity index (χ0n) is 15.3. The molecular formula is C19H16ClF4NO4S. The summed E-state index contributed by atoms with van der Waals surface area (Å²) >= 11 is 5.65. The number of halogens is 5. The van der Waals surface area contributed by atoms with E-state index >= 15 is 0 Å². The molecular weight excluding hydrogens is 450 g/mol. The lowest BCUT2D eigenvalue weighted by Crippen LogP contribution is -2.41. The van der Waals surface area contributed by atoms with E-state index in [1.807, 2.05) is 0 Å². The van der Waals surface area contributed by atoms with Crippen LogP contribution in [0.4, 0.5) is 17.6 Å². The molecule has 0 spiro atoms. The molecule has 0 bridgehead atoms. The van der Waals surface area contributed by atoms with E-state index in [9.17, 15) is 30.8 Å². The van der Waals surface area contributed by atoms with E-state index in [1.54, 1.807) is 0 Å². The third-order valence-corrected chi connectivity index (χ3v) is 6.90. The molecule has 162 valence electrons. The number of hydrogen-bond acceptors (Lipinski definition) is 4. The van der Waals surface area contributed by atoms with Crippen LogP contribution in [-0.4, -0.2) is 31.8 Å². The number of carbonyl (C=O) groups is 1. The Morgan fingerprint density at radius 2 is 1.73 bits per heavy atom. The van der Waals surface area contributed by atoms with Gasteiger partial charge >= 0.3 is 12.1 Å². The molecule has 1 aliphatic rings. The summed E-state index contributed by atoms with van der Waals surface area (Å²) in [6.45, 7) is -0.0873. The number of alkyl halides is 3. The van der Waals surface area contributed by atoms with Crippen LogP contribution in [0.2, 0.25) is 5.02 Å². The molecule has 1 aliphatic heterocycles. The zero-order valence-corrected chi connectivity index (χ0v) is 16.9. The van der Waals surface area contributed by atoms with Crippen LogP contribution in [0.1, 0.15) is 18.4 Å². The molecule has 0 aromatic heterocycles. The van der Waals surface area contributed by atoms with Crippen LogP contribution >= 0.6 is 11.6 Å². The SMILES string of the molecule is O=C(Oc1ccccc1C(F)(F)F)C1CCN(S(=O)(=O)c2ccc(F)c(Cl)c2)CC1. The molecule has 0 unspecified atom stereocenters. The number of hydrogen-bond donors (Lipinski definition) is 0. The molecule has 0 amide bonds. The van der Waals surface area contributed by atoms with Crippen molar-refractivity contribution in [2.24, 2.45) is 5.92 Å². The Bertz CT molecular complexity index is 1050. The van der Waals surface area contributed by atoms with Crippen LogP contribution in [0.25, 0.3) is 0 Å². The summed E-state index contributed by atoms with van der Waals surface area (Å²) < 4.78 is 83.8. The molecule has 0 radical (unpaired) electrons. The summed E-state index contributed by atoms with van der Waals surface area (Å²) in [5.74, 6) is -2.95. The Hall–Kier alpha value is -2.17. The van der Waals surface area contributed by atoms with E-state index in [0.717, 1.165) is 34.6 Å². The minimum Gasteiger partial charge on any atom is -0.426 e. The molecule has 1 heterocycles. The highest BCUT2D eigenvalue weighted by Gasteiger charge is 2.37. The van der Waals surface area contributed by atoms with Crippen molar-refractivity contribution in [1.29, 1.82) is 0 Å². The van der Waals surface area contributed by atoms with E-state index in [4.69, 9.17) is 16.3 Å². The topological polar surface area (TPSA) is 63.7 Å². The maximum absolute atomic E-state index is 13.3. The van der Waals surface area contributed by atoms with Crippen LogP contribution in [-0.2, 0) is 21.0 Å². The summed E-state index contributed by atoms with van der Waals surface area (Å²) in [4.78, 5) is 12.2. The van der Waals surface area contributed by atoms with Crippen molar-refractivity contribution in [3.8, 4) is 5.75 Å². The Morgan fingerprint density at radius 1 is 1.10 bits per heavy atom. The van der Waals surface area contributed by atoms with Gasteiger partial charge in [-0.1, -0.05) is 23.7 Å². The summed E-state index contributed by atoms with van der Waals surface area (Å²) in [6.07, 6.45) is -4.53. The smallest absolute Gasteiger partial charge is 0.419 e. The highest BCUT2D eigenvalue weighted by Crippen LogP contribution is 2.36. The van der Waals surface area contributed by atoms with E-state index in [2.05, 4.69) is 0 Å². The van der Waals surface area contributed by atoms with Crippen LogP contribution < -0.4 is 4.74 Å². The van der Waals surface area contributed by atoms with Gasteiger partial charge in [-0.2, -0.15) is 17.5 Å². The zero-order chi connectivity index (χ0) is 22.1. The number of piperidine rings is 1. The normalized spacial score (nSPS) is 16.4. The van der Waals surface area contributed by atoms with E-state index in [1.165, 1.54) is 12.1 Å². The van der Waals surface area contributed by atoms with Gasteiger partial charge in [0.25, 0.3) is 0 Å². The third kappa shape index (κ3) is 4.76. The number of esters is 1. The number of para-hydroxylation sites is 1. The molecule has 0 atom stereocenters. The maximum Gasteiger partial charge on any atom is 0.419 e. The molecule has 1 saturated heterocycles. The standard InChI is InChI=1S/C19H16ClF4NO4S/c20-15-11-13(5-6-16(15)21)30(27,28)25-9-7-12(8-10-25)18(26)29-17-4-2-1-3-14(17)19(22,23)24/h1-6,11-12H,7-10H2. The van der Waals surface area contributed by atoms with Crippen LogP contribution in [0.5, 0.6) is 5.75 Å². The molecule has 0 aliphatic carbocycles. The van der Waals surface area contributed by atoms with Gasteiger partial charge in [0.2, 0.25) is 10.0 Å². The largest absolute Gasteiger partial charge is 0.426 e. The van der Waals surface area contributed by atoms with Gasteiger partial charge in [-0.15, -0.1) is 0 Å². The van der Waals surface area contributed by atoms with Gasteiger partial charge in [0.05, 0.1) is 21.4 Å². The highest BCUT2D eigenvalue weighted by molar-refractivity contribution is 7.89. The average molecular weight is 466 g/mol. The maximum atomic E-state index is 13.3. The molecule has 5 nitrogen and oxygen atoms in total. The fraction of sp³-hybridized carbons (Fsp3) is 0.316. The molecule has 0 saturated carbocycles. The third-order valence-electron chi connectivity index (χ3n) is 4.72. The lowest BCUT2D eigenvalue weighted by molar-refractivity contribution is -0.145. The van der Waals surface area contributed by atoms with Gasteiger partial charge in [-0.05, 0) is 43.2 Å². The number of benzene rings is 2. The van der Waals surface area contributed by atoms with Gasteiger partial charge in [-0.3, -0.25) is 4.79 Å². The summed E-state index contributed by atoms with van der Waals surface area (Å²) in [6, 6.07) is 7.40. The van der Waals surface area contributed by atoms with Crippen molar-refractivity contribution < 1.29 is 35.5 Å². The Labute approximate surface area is 175 Å².